The van der Waals surface area contributed by atoms with Crippen molar-refractivity contribution < 1.29 is 19.5 Å². The molecule has 0 aromatic carbocycles. The van der Waals surface area contributed by atoms with E-state index in [-0.39, 0.29) is 24.5 Å². The first-order valence-corrected chi connectivity index (χ1v) is 6.68. The van der Waals surface area contributed by atoms with E-state index in [2.05, 4.69) is 15.3 Å². The third kappa shape index (κ3) is 5.02. The largest absolute Gasteiger partial charge is 0.480 e. The van der Waals surface area contributed by atoms with Crippen LogP contribution in [0.2, 0.25) is 0 Å². The maximum atomic E-state index is 11.4. The van der Waals surface area contributed by atoms with Gasteiger partial charge in [0, 0.05) is 26.3 Å². The topological polar surface area (TPSA) is 138 Å². The van der Waals surface area contributed by atoms with Gasteiger partial charge in [0.25, 0.3) is 0 Å². The minimum atomic E-state index is -1.16. The van der Waals surface area contributed by atoms with Crippen LogP contribution < -0.4 is 11.1 Å². The second kappa shape index (κ2) is 7.65. The Morgan fingerprint density at radius 1 is 1.55 bits per heavy atom. The van der Waals surface area contributed by atoms with Gasteiger partial charge < -0.3 is 21.1 Å². The predicted molar refractivity (Wildman–Crippen MR) is 72.1 cm³/mol. The lowest BCUT2D eigenvalue weighted by Gasteiger charge is -2.14. The number of aromatic amines is 1. The smallest absolute Gasteiger partial charge is 0.326 e. The summed E-state index contributed by atoms with van der Waals surface area (Å²) < 4.78 is 0. The van der Waals surface area contributed by atoms with Crippen molar-refractivity contribution in [3.8, 4) is 0 Å². The molecular formula is C11H16N4O4S. The van der Waals surface area contributed by atoms with Gasteiger partial charge in [-0.15, -0.1) is 0 Å². The number of thioether (sulfide) groups is 1. The van der Waals surface area contributed by atoms with Crippen LogP contribution in [0.3, 0.4) is 0 Å². The number of nitrogens with two attached hydrogens (primary N) is 1. The van der Waals surface area contributed by atoms with Crippen LogP contribution in [0, 0.1) is 0 Å². The molecule has 0 saturated carbocycles. The van der Waals surface area contributed by atoms with Crippen LogP contribution in [0.1, 0.15) is 19.0 Å². The molecule has 8 nitrogen and oxygen atoms in total. The van der Waals surface area contributed by atoms with Crippen molar-refractivity contribution in [3.63, 3.8) is 0 Å². The zero-order valence-electron chi connectivity index (χ0n) is 10.9. The molecule has 0 spiro atoms. The van der Waals surface area contributed by atoms with E-state index in [4.69, 9.17) is 10.8 Å². The minimum absolute atomic E-state index is 0.0151. The normalized spacial score (nSPS) is 11.9. The molecular weight excluding hydrogens is 284 g/mol. The molecule has 1 heterocycles. The second-order valence-corrected chi connectivity index (χ2v) is 5.15. The molecule has 1 rings (SSSR count). The first-order valence-electron chi connectivity index (χ1n) is 5.87. The molecule has 0 radical (unpaired) electrons. The van der Waals surface area contributed by atoms with Crippen LogP contribution in [0.4, 0.5) is 0 Å². The number of nitrogens with one attached hydrogen (secondary N) is 2. The molecule has 1 aromatic rings. The van der Waals surface area contributed by atoms with Crippen molar-refractivity contribution in [1.29, 1.82) is 0 Å². The van der Waals surface area contributed by atoms with Gasteiger partial charge in [0.1, 0.15) is 11.1 Å². The Morgan fingerprint density at radius 2 is 2.25 bits per heavy atom. The molecule has 0 aliphatic rings. The van der Waals surface area contributed by atoms with Gasteiger partial charge in [-0.25, -0.2) is 9.78 Å². The van der Waals surface area contributed by atoms with Crippen molar-refractivity contribution in [1.82, 2.24) is 15.3 Å². The Morgan fingerprint density at radius 3 is 2.80 bits per heavy atom. The van der Waals surface area contributed by atoms with Crippen molar-refractivity contribution in [3.05, 3.63) is 12.0 Å². The Labute approximate surface area is 119 Å². The lowest BCUT2D eigenvalue weighted by molar-refractivity contribution is -0.141. The standard InChI is InChI=1S/C11H16N4O4S/c1-6(16)20-10-7(13-5-14-10)4-8(11(18)19)15-9(17)2-3-12/h5,8H,2-4,12H2,1H3,(H,13,14)(H,15,17)(H,18,19)/t8-/m0/s1. The molecule has 0 bridgehead atoms. The molecule has 5 N–H and O–H groups in total. The zero-order valence-corrected chi connectivity index (χ0v) is 11.7. The van der Waals surface area contributed by atoms with Gasteiger partial charge >= 0.3 is 5.97 Å². The summed E-state index contributed by atoms with van der Waals surface area (Å²) in [6, 6.07) is -1.10. The number of H-pyrrole nitrogens is 1. The maximum absolute atomic E-state index is 11.4. The first kappa shape index (κ1) is 16.2. The Hall–Kier alpha value is -1.87. The molecule has 1 amide bonds. The summed E-state index contributed by atoms with van der Waals surface area (Å²) in [5.74, 6) is -1.59. The van der Waals surface area contributed by atoms with Crippen molar-refractivity contribution in [2.75, 3.05) is 6.54 Å². The Bertz CT molecular complexity index is 502. The SMILES string of the molecule is CC(=O)Sc1nc[nH]c1C[C@H](NC(=O)CCN)C(=O)O. The lowest BCUT2D eigenvalue weighted by atomic mass is 10.1. The van der Waals surface area contributed by atoms with E-state index >= 15 is 0 Å². The summed E-state index contributed by atoms with van der Waals surface area (Å²) in [7, 11) is 0. The number of amides is 1. The minimum Gasteiger partial charge on any atom is -0.480 e. The van der Waals surface area contributed by atoms with Crippen molar-refractivity contribution in [2.45, 2.75) is 30.8 Å². The van der Waals surface area contributed by atoms with E-state index in [0.29, 0.717) is 10.7 Å². The number of carboxylic acid groups (broad SMARTS) is 1. The highest BCUT2D eigenvalue weighted by molar-refractivity contribution is 8.13. The number of hydrogen-bond acceptors (Lipinski definition) is 6. The fraction of sp³-hybridized carbons (Fsp3) is 0.455. The molecule has 0 fully saturated rings. The van der Waals surface area contributed by atoms with Crippen LogP contribution in [-0.4, -0.2) is 44.7 Å². The predicted octanol–water partition coefficient (Wildman–Crippen LogP) is -0.491. The average Bonchev–Trinajstić information content (AvgIpc) is 2.75. The van der Waals surface area contributed by atoms with E-state index < -0.39 is 17.9 Å². The number of aliphatic carboxylic acids is 1. The second-order valence-electron chi connectivity index (χ2n) is 3.98. The van der Waals surface area contributed by atoms with Crippen LogP contribution in [0.5, 0.6) is 0 Å². The number of carboxylic acids is 1. The van der Waals surface area contributed by atoms with Gasteiger partial charge in [-0.3, -0.25) is 9.59 Å². The molecule has 9 heteroatoms. The summed E-state index contributed by atoms with van der Waals surface area (Å²) in [5, 5.41) is 11.7. The van der Waals surface area contributed by atoms with Gasteiger partial charge in [0.2, 0.25) is 5.91 Å². The summed E-state index contributed by atoms with van der Waals surface area (Å²) in [6.45, 7) is 1.54. The highest BCUT2D eigenvalue weighted by Crippen LogP contribution is 2.20. The van der Waals surface area contributed by atoms with E-state index in [0.717, 1.165) is 11.8 Å². The van der Waals surface area contributed by atoms with Crippen LogP contribution in [0.25, 0.3) is 0 Å². The molecule has 1 atom stereocenters. The van der Waals surface area contributed by atoms with Gasteiger partial charge in [-0.1, -0.05) is 0 Å². The lowest BCUT2D eigenvalue weighted by Crippen LogP contribution is -2.43. The first-order chi connectivity index (χ1) is 9.43. The van der Waals surface area contributed by atoms with Gasteiger partial charge in [-0.05, 0) is 11.8 Å². The highest BCUT2D eigenvalue weighted by atomic mass is 32.2. The highest BCUT2D eigenvalue weighted by Gasteiger charge is 2.23. The zero-order chi connectivity index (χ0) is 15.1. The van der Waals surface area contributed by atoms with E-state index in [1.165, 1.54) is 13.3 Å². The Balaban J connectivity index is 2.75. The molecule has 1 aromatic heterocycles. The molecule has 20 heavy (non-hydrogen) atoms. The molecule has 0 aliphatic heterocycles. The third-order valence-electron chi connectivity index (χ3n) is 2.33. The number of rotatable bonds is 7. The van der Waals surface area contributed by atoms with E-state index in [1.807, 2.05) is 0 Å². The fourth-order valence-electron chi connectivity index (χ4n) is 1.48. The average molecular weight is 300 g/mol. The van der Waals surface area contributed by atoms with Crippen molar-refractivity contribution >= 4 is 28.8 Å². The number of nitrogens with zero attached hydrogens (tertiary/aromatic N) is 1. The van der Waals surface area contributed by atoms with Gasteiger partial charge in [0.05, 0.1) is 12.0 Å². The number of carbonyl (C=O) groups is 3. The third-order valence-corrected chi connectivity index (χ3v) is 3.16. The number of imidazole rings is 1. The number of hydrogen-bond donors (Lipinski definition) is 4. The summed E-state index contributed by atoms with van der Waals surface area (Å²) in [5.41, 5.74) is 5.72. The Kier molecular flexibility index (Phi) is 6.19. The summed E-state index contributed by atoms with van der Waals surface area (Å²) >= 11 is 0.908. The molecule has 0 saturated heterocycles. The monoisotopic (exact) mass is 300 g/mol. The van der Waals surface area contributed by atoms with Crippen LogP contribution in [0.15, 0.2) is 11.4 Å². The van der Waals surface area contributed by atoms with Crippen molar-refractivity contribution in [2.24, 2.45) is 5.73 Å². The van der Waals surface area contributed by atoms with E-state index in [9.17, 15) is 14.4 Å². The van der Waals surface area contributed by atoms with Gasteiger partial charge in [-0.2, -0.15) is 0 Å². The fourth-order valence-corrected chi connectivity index (χ4v) is 2.12. The van der Waals surface area contributed by atoms with Crippen LogP contribution >= 0.6 is 11.8 Å². The van der Waals surface area contributed by atoms with E-state index in [1.54, 1.807) is 0 Å². The maximum Gasteiger partial charge on any atom is 0.326 e. The van der Waals surface area contributed by atoms with Crippen LogP contribution in [-0.2, 0) is 20.8 Å². The number of aromatic nitrogens is 2. The molecule has 110 valence electrons. The summed E-state index contributed by atoms with van der Waals surface area (Å²) in [4.78, 5) is 40.3. The number of carbonyl (C=O) groups excluding carboxylic acids is 2. The van der Waals surface area contributed by atoms with Gasteiger partial charge in [0.15, 0.2) is 5.12 Å². The molecule has 0 aliphatic carbocycles. The quantitative estimate of drug-likeness (QED) is 0.498. The summed E-state index contributed by atoms with van der Waals surface area (Å²) in [6.07, 6.45) is 1.45. The molecule has 0 unspecified atom stereocenters.